The molecule has 0 saturated heterocycles. The van der Waals surface area contributed by atoms with E-state index in [0.29, 0.717) is 6.17 Å². The van der Waals surface area contributed by atoms with Crippen LogP contribution in [0.1, 0.15) is 91.4 Å². The van der Waals surface area contributed by atoms with Crippen molar-refractivity contribution < 1.29 is 0 Å². The smallest absolute Gasteiger partial charge is 0.101 e. The Morgan fingerprint density at radius 3 is 1.52 bits per heavy atom. The first-order valence-electron chi connectivity index (χ1n) is 9.53. The highest BCUT2D eigenvalue weighted by atomic mass is 15.4. The van der Waals surface area contributed by atoms with Crippen molar-refractivity contribution in [2.75, 3.05) is 13.1 Å². The second-order valence-corrected chi connectivity index (χ2v) is 6.52. The molecule has 0 saturated carbocycles. The molecule has 1 rings (SSSR count). The summed E-state index contributed by atoms with van der Waals surface area (Å²) in [6.45, 7) is 9.38. The van der Waals surface area contributed by atoms with Gasteiger partial charge in [0.15, 0.2) is 0 Å². The van der Waals surface area contributed by atoms with Crippen molar-refractivity contribution in [2.45, 2.75) is 97.6 Å². The van der Waals surface area contributed by atoms with Gasteiger partial charge in [-0.1, -0.05) is 65.7 Å². The van der Waals surface area contributed by atoms with Crippen LogP contribution in [-0.4, -0.2) is 29.1 Å². The van der Waals surface area contributed by atoms with Crippen LogP contribution in [0.25, 0.3) is 0 Å². The van der Waals surface area contributed by atoms with E-state index in [-0.39, 0.29) is 0 Å². The Labute approximate surface area is 133 Å². The van der Waals surface area contributed by atoms with Gasteiger partial charge in [0.25, 0.3) is 0 Å². The van der Waals surface area contributed by atoms with Gasteiger partial charge in [0.2, 0.25) is 0 Å². The summed E-state index contributed by atoms with van der Waals surface area (Å²) in [6.07, 6.45) is 20.3. The Morgan fingerprint density at radius 2 is 1.10 bits per heavy atom. The molecule has 2 nitrogen and oxygen atoms in total. The largest absolute Gasteiger partial charge is 0.356 e. The normalized spacial score (nSPS) is 15.4. The zero-order valence-electron chi connectivity index (χ0n) is 14.8. The molecule has 0 spiro atoms. The molecule has 0 aromatic rings. The number of unbranched alkanes of at least 4 members (excludes halogenated alkanes) is 7. The molecule has 0 aromatic heterocycles. The third kappa shape index (κ3) is 7.24. The highest BCUT2D eigenvalue weighted by molar-refractivity contribution is 4.96. The third-order valence-corrected chi connectivity index (χ3v) is 4.57. The molecular weight excluding hydrogens is 256 g/mol. The van der Waals surface area contributed by atoms with Crippen molar-refractivity contribution >= 4 is 0 Å². The first-order valence-corrected chi connectivity index (χ1v) is 9.53. The van der Waals surface area contributed by atoms with Crippen LogP contribution in [0.5, 0.6) is 0 Å². The molecule has 1 aliphatic rings. The van der Waals surface area contributed by atoms with Gasteiger partial charge in [-0.05, 0) is 25.7 Å². The lowest BCUT2D eigenvalue weighted by atomic mass is 10.1. The van der Waals surface area contributed by atoms with Crippen LogP contribution in [0.4, 0.5) is 0 Å². The van der Waals surface area contributed by atoms with Crippen molar-refractivity contribution in [1.29, 1.82) is 0 Å². The van der Waals surface area contributed by atoms with Gasteiger partial charge in [0.05, 0.1) is 0 Å². The Balaban J connectivity index is 2.34. The highest BCUT2D eigenvalue weighted by Crippen LogP contribution is 2.22. The maximum absolute atomic E-state index is 2.60. The van der Waals surface area contributed by atoms with Crippen molar-refractivity contribution in [2.24, 2.45) is 0 Å². The van der Waals surface area contributed by atoms with Gasteiger partial charge in [0, 0.05) is 25.5 Å². The fourth-order valence-corrected chi connectivity index (χ4v) is 3.17. The minimum atomic E-state index is 0.646. The van der Waals surface area contributed by atoms with E-state index < -0.39 is 0 Å². The predicted molar refractivity (Wildman–Crippen MR) is 94.1 cm³/mol. The summed E-state index contributed by atoms with van der Waals surface area (Å²) in [5.41, 5.74) is 0. The van der Waals surface area contributed by atoms with E-state index >= 15 is 0 Å². The zero-order valence-corrected chi connectivity index (χ0v) is 14.8. The van der Waals surface area contributed by atoms with Crippen molar-refractivity contribution in [3.05, 3.63) is 12.4 Å². The molecule has 0 unspecified atom stereocenters. The molecule has 1 aliphatic heterocycles. The summed E-state index contributed by atoms with van der Waals surface area (Å²) in [6, 6.07) is 0. The van der Waals surface area contributed by atoms with Crippen LogP contribution < -0.4 is 0 Å². The van der Waals surface area contributed by atoms with E-state index in [0.717, 1.165) is 0 Å². The van der Waals surface area contributed by atoms with Crippen molar-refractivity contribution in [3.63, 3.8) is 0 Å². The lowest BCUT2D eigenvalue weighted by Crippen LogP contribution is -2.39. The first-order chi connectivity index (χ1) is 10.3. The van der Waals surface area contributed by atoms with E-state index in [4.69, 9.17) is 0 Å². The van der Waals surface area contributed by atoms with Crippen LogP contribution in [0.3, 0.4) is 0 Å². The summed E-state index contributed by atoms with van der Waals surface area (Å²) in [4.78, 5) is 5.20. The van der Waals surface area contributed by atoms with Crippen molar-refractivity contribution in [3.8, 4) is 0 Å². The van der Waals surface area contributed by atoms with Crippen LogP contribution in [-0.2, 0) is 0 Å². The van der Waals surface area contributed by atoms with Gasteiger partial charge in [-0.2, -0.15) is 0 Å². The lowest BCUT2D eigenvalue weighted by molar-refractivity contribution is 0.136. The number of hydrogen-bond acceptors (Lipinski definition) is 2. The highest BCUT2D eigenvalue weighted by Gasteiger charge is 2.24. The van der Waals surface area contributed by atoms with Crippen molar-refractivity contribution in [1.82, 2.24) is 9.80 Å². The van der Waals surface area contributed by atoms with E-state index in [1.165, 1.54) is 83.7 Å². The molecule has 0 N–H and O–H groups in total. The first kappa shape index (κ1) is 18.4. The van der Waals surface area contributed by atoms with Crippen LogP contribution in [0.15, 0.2) is 12.4 Å². The molecule has 1 heterocycles. The molecule has 2 heteroatoms. The van der Waals surface area contributed by atoms with E-state index in [1.807, 2.05) is 0 Å². The molecule has 21 heavy (non-hydrogen) atoms. The van der Waals surface area contributed by atoms with Gasteiger partial charge in [0.1, 0.15) is 6.17 Å². The Hall–Kier alpha value is -0.660. The van der Waals surface area contributed by atoms with Gasteiger partial charge in [-0.25, -0.2) is 0 Å². The Kier molecular flexibility index (Phi) is 10.5. The minimum Gasteiger partial charge on any atom is -0.356 e. The molecule has 0 aliphatic carbocycles. The number of rotatable bonds is 13. The summed E-state index contributed by atoms with van der Waals surface area (Å²) < 4.78 is 0. The third-order valence-electron chi connectivity index (χ3n) is 4.57. The van der Waals surface area contributed by atoms with Crippen LogP contribution >= 0.6 is 0 Å². The molecule has 0 bridgehead atoms. The lowest BCUT2D eigenvalue weighted by Gasteiger charge is -2.33. The second kappa shape index (κ2) is 11.9. The topological polar surface area (TPSA) is 6.48 Å². The van der Waals surface area contributed by atoms with E-state index in [2.05, 4.69) is 43.0 Å². The van der Waals surface area contributed by atoms with E-state index in [1.54, 1.807) is 0 Å². The van der Waals surface area contributed by atoms with Gasteiger partial charge in [-0.15, -0.1) is 0 Å². The molecule has 0 radical (unpaired) electrons. The average Bonchev–Trinajstić information content (AvgIpc) is 2.88. The fraction of sp³-hybridized carbons (Fsp3) is 0.895. The quantitative estimate of drug-likeness (QED) is 0.399. The van der Waals surface area contributed by atoms with Gasteiger partial charge < -0.3 is 9.80 Å². The predicted octanol–water partition coefficient (Wildman–Crippen LogP) is 5.75. The molecule has 0 aromatic carbocycles. The average molecular weight is 295 g/mol. The summed E-state index contributed by atoms with van der Waals surface area (Å²) in [7, 11) is 0. The maximum Gasteiger partial charge on any atom is 0.101 e. The standard InChI is InChI=1S/C19H38N2/c1-4-7-10-12-15-20-17-18-21(16-13-11-8-5-2)19(20)14-9-6-3/h17-19H,4-16H2,1-3H3. The molecule has 0 amide bonds. The van der Waals surface area contributed by atoms with Gasteiger partial charge in [-0.3, -0.25) is 0 Å². The zero-order chi connectivity index (χ0) is 15.3. The van der Waals surface area contributed by atoms with Gasteiger partial charge >= 0.3 is 0 Å². The monoisotopic (exact) mass is 294 g/mol. The number of hydrogen-bond donors (Lipinski definition) is 0. The molecule has 0 atom stereocenters. The molecule has 0 fully saturated rings. The van der Waals surface area contributed by atoms with Crippen LogP contribution in [0, 0.1) is 0 Å². The Morgan fingerprint density at radius 1 is 0.619 bits per heavy atom. The SMILES string of the molecule is CCCCCCN1C=CN(CCCCCC)C1CCCC. The van der Waals surface area contributed by atoms with Crippen LogP contribution in [0.2, 0.25) is 0 Å². The fourth-order valence-electron chi connectivity index (χ4n) is 3.17. The maximum atomic E-state index is 2.60. The number of nitrogens with zero attached hydrogens (tertiary/aromatic N) is 2. The van der Waals surface area contributed by atoms with E-state index in [9.17, 15) is 0 Å². The minimum absolute atomic E-state index is 0.646. The summed E-state index contributed by atoms with van der Waals surface area (Å²) in [5, 5.41) is 0. The second-order valence-electron chi connectivity index (χ2n) is 6.52. The summed E-state index contributed by atoms with van der Waals surface area (Å²) in [5.74, 6) is 0. The molecule has 124 valence electrons. The Bertz CT molecular complexity index is 240. The molecular formula is C19H38N2. The summed E-state index contributed by atoms with van der Waals surface area (Å²) >= 11 is 0.